The van der Waals surface area contributed by atoms with E-state index in [-0.39, 0.29) is 6.61 Å². The number of aliphatic hydroxyl groups excluding tert-OH is 1. The molecular weight excluding hydrogens is 204 g/mol. The quantitative estimate of drug-likeness (QED) is 0.745. The summed E-state index contributed by atoms with van der Waals surface area (Å²) in [5.74, 6) is 0.718. The van der Waals surface area contributed by atoms with E-state index in [0.29, 0.717) is 5.25 Å². The third kappa shape index (κ3) is 5.24. The molecule has 1 aromatic rings. The highest BCUT2D eigenvalue weighted by molar-refractivity contribution is 8.00. The molecule has 84 valence electrons. The first kappa shape index (κ1) is 12.6. The highest BCUT2D eigenvalue weighted by Gasteiger charge is 2.09. The fourth-order valence-electron chi connectivity index (χ4n) is 1.40. The third-order valence-electron chi connectivity index (χ3n) is 2.32. The molecule has 0 heterocycles. The van der Waals surface area contributed by atoms with Crippen LogP contribution in [0.2, 0.25) is 0 Å². The van der Waals surface area contributed by atoms with Gasteiger partial charge in [-0.3, -0.25) is 0 Å². The van der Waals surface area contributed by atoms with E-state index in [2.05, 4.69) is 26.0 Å². The molecular formula is C13H20OS. The Morgan fingerprint density at radius 3 is 2.33 bits per heavy atom. The van der Waals surface area contributed by atoms with Gasteiger partial charge in [-0.25, -0.2) is 0 Å². The van der Waals surface area contributed by atoms with Crippen LogP contribution < -0.4 is 0 Å². The molecule has 0 bridgehead atoms. The Hall–Kier alpha value is -0.470. The van der Waals surface area contributed by atoms with Crippen molar-refractivity contribution in [3.05, 3.63) is 30.3 Å². The van der Waals surface area contributed by atoms with Gasteiger partial charge in [-0.05, 0) is 30.9 Å². The molecule has 15 heavy (non-hydrogen) atoms. The largest absolute Gasteiger partial charge is 0.395 e. The molecule has 0 aliphatic rings. The van der Waals surface area contributed by atoms with Gasteiger partial charge in [0.2, 0.25) is 0 Å². The molecule has 0 spiro atoms. The minimum absolute atomic E-state index is 0.270. The average molecular weight is 224 g/mol. The van der Waals surface area contributed by atoms with Gasteiger partial charge in [0.15, 0.2) is 0 Å². The predicted octanol–water partition coefficient (Wildman–Crippen LogP) is 3.58. The minimum Gasteiger partial charge on any atom is -0.395 e. The summed E-state index contributed by atoms with van der Waals surface area (Å²) in [6.07, 6.45) is 2.28. The summed E-state index contributed by atoms with van der Waals surface area (Å²) >= 11 is 1.78. The summed E-state index contributed by atoms with van der Waals surface area (Å²) in [5.41, 5.74) is 0. The van der Waals surface area contributed by atoms with E-state index in [1.54, 1.807) is 11.8 Å². The highest BCUT2D eigenvalue weighted by atomic mass is 32.2. The molecule has 0 aromatic heterocycles. The van der Waals surface area contributed by atoms with Crippen molar-refractivity contribution in [2.45, 2.75) is 36.8 Å². The lowest BCUT2D eigenvalue weighted by molar-refractivity contribution is 0.286. The number of rotatable bonds is 6. The fraction of sp³-hybridized carbons (Fsp3) is 0.538. The molecule has 0 fully saturated rings. The van der Waals surface area contributed by atoms with Gasteiger partial charge < -0.3 is 5.11 Å². The van der Waals surface area contributed by atoms with Crippen LogP contribution in [0.5, 0.6) is 0 Å². The Morgan fingerprint density at radius 1 is 1.13 bits per heavy atom. The van der Waals surface area contributed by atoms with Crippen molar-refractivity contribution in [1.82, 2.24) is 0 Å². The van der Waals surface area contributed by atoms with Gasteiger partial charge in [-0.2, -0.15) is 0 Å². The Morgan fingerprint density at radius 2 is 1.80 bits per heavy atom. The number of aliphatic hydroxyl groups is 1. The lowest BCUT2D eigenvalue weighted by Gasteiger charge is -2.14. The molecule has 1 nitrogen and oxygen atoms in total. The lowest BCUT2D eigenvalue weighted by atomic mass is 10.1. The monoisotopic (exact) mass is 224 g/mol. The van der Waals surface area contributed by atoms with Crippen LogP contribution in [0.15, 0.2) is 35.2 Å². The SMILES string of the molecule is CC(C)CCC(CO)Sc1ccccc1. The van der Waals surface area contributed by atoms with Crippen molar-refractivity contribution in [3.63, 3.8) is 0 Å². The van der Waals surface area contributed by atoms with Crippen molar-refractivity contribution >= 4 is 11.8 Å². The van der Waals surface area contributed by atoms with Gasteiger partial charge in [0.05, 0.1) is 6.61 Å². The summed E-state index contributed by atoms with van der Waals surface area (Å²) in [6, 6.07) is 10.3. The van der Waals surface area contributed by atoms with Crippen LogP contribution in [0.3, 0.4) is 0 Å². The first-order valence-electron chi connectivity index (χ1n) is 5.55. The molecule has 2 heteroatoms. The molecule has 1 unspecified atom stereocenters. The van der Waals surface area contributed by atoms with E-state index >= 15 is 0 Å². The van der Waals surface area contributed by atoms with Gasteiger partial charge in [-0.1, -0.05) is 32.0 Å². The number of thioether (sulfide) groups is 1. The summed E-state index contributed by atoms with van der Waals surface area (Å²) in [4.78, 5) is 1.25. The zero-order chi connectivity index (χ0) is 11.1. The second-order valence-corrected chi connectivity index (χ2v) is 5.58. The van der Waals surface area contributed by atoms with Crippen molar-refractivity contribution < 1.29 is 5.11 Å². The molecule has 0 amide bonds. The maximum absolute atomic E-state index is 9.28. The summed E-state index contributed by atoms with van der Waals surface area (Å²) in [5, 5.41) is 9.62. The first-order valence-corrected chi connectivity index (χ1v) is 6.43. The molecule has 1 atom stereocenters. The van der Waals surface area contributed by atoms with E-state index in [1.165, 1.54) is 11.3 Å². The Bertz CT molecular complexity index is 258. The van der Waals surface area contributed by atoms with E-state index in [9.17, 15) is 5.11 Å². The van der Waals surface area contributed by atoms with Gasteiger partial charge in [0, 0.05) is 10.1 Å². The smallest absolute Gasteiger partial charge is 0.0553 e. The molecule has 0 aliphatic carbocycles. The molecule has 0 saturated heterocycles. The van der Waals surface area contributed by atoms with Crippen molar-refractivity contribution in [2.75, 3.05) is 6.61 Å². The standard InChI is InChI=1S/C13H20OS/c1-11(2)8-9-13(10-14)15-12-6-4-3-5-7-12/h3-7,11,13-14H,8-10H2,1-2H3. The predicted molar refractivity (Wildman–Crippen MR) is 67.2 cm³/mol. The second-order valence-electron chi connectivity index (χ2n) is 4.21. The van der Waals surface area contributed by atoms with Crippen LogP contribution >= 0.6 is 11.8 Å². The van der Waals surface area contributed by atoms with Crippen LogP contribution in [0.4, 0.5) is 0 Å². The van der Waals surface area contributed by atoms with Gasteiger partial charge >= 0.3 is 0 Å². The van der Waals surface area contributed by atoms with Crippen LogP contribution in [0.1, 0.15) is 26.7 Å². The van der Waals surface area contributed by atoms with Crippen LogP contribution in [0.25, 0.3) is 0 Å². The van der Waals surface area contributed by atoms with Gasteiger partial charge in [-0.15, -0.1) is 11.8 Å². The van der Waals surface area contributed by atoms with E-state index in [1.807, 2.05) is 18.2 Å². The van der Waals surface area contributed by atoms with Crippen molar-refractivity contribution in [3.8, 4) is 0 Å². The average Bonchev–Trinajstić information content (AvgIpc) is 2.25. The molecule has 1 N–H and O–H groups in total. The maximum Gasteiger partial charge on any atom is 0.0553 e. The maximum atomic E-state index is 9.28. The fourth-order valence-corrected chi connectivity index (χ4v) is 2.43. The van der Waals surface area contributed by atoms with Crippen LogP contribution in [-0.2, 0) is 0 Å². The number of hydrogen-bond acceptors (Lipinski definition) is 2. The molecule has 0 saturated carbocycles. The Kier molecular flexibility index (Phi) is 5.81. The highest BCUT2D eigenvalue weighted by Crippen LogP contribution is 2.26. The summed E-state index contributed by atoms with van der Waals surface area (Å²) < 4.78 is 0. The number of benzene rings is 1. The minimum atomic E-state index is 0.270. The topological polar surface area (TPSA) is 20.2 Å². The van der Waals surface area contributed by atoms with Gasteiger partial charge in [0.1, 0.15) is 0 Å². The zero-order valence-electron chi connectivity index (χ0n) is 9.52. The second kappa shape index (κ2) is 6.91. The van der Waals surface area contributed by atoms with Gasteiger partial charge in [0.25, 0.3) is 0 Å². The van der Waals surface area contributed by atoms with Crippen molar-refractivity contribution in [2.24, 2.45) is 5.92 Å². The molecule has 1 aromatic carbocycles. The van der Waals surface area contributed by atoms with E-state index in [0.717, 1.165) is 12.3 Å². The molecule has 0 radical (unpaired) electrons. The Labute approximate surface area is 96.9 Å². The Balaban J connectivity index is 2.40. The van der Waals surface area contributed by atoms with E-state index in [4.69, 9.17) is 0 Å². The van der Waals surface area contributed by atoms with E-state index < -0.39 is 0 Å². The van der Waals surface area contributed by atoms with Crippen LogP contribution in [0, 0.1) is 5.92 Å². The summed E-state index contributed by atoms with van der Waals surface area (Å²) in [7, 11) is 0. The summed E-state index contributed by atoms with van der Waals surface area (Å²) in [6.45, 7) is 4.72. The van der Waals surface area contributed by atoms with Crippen LogP contribution in [-0.4, -0.2) is 17.0 Å². The first-order chi connectivity index (χ1) is 7.22. The number of hydrogen-bond donors (Lipinski definition) is 1. The lowest BCUT2D eigenvalue weighted by Crippen LogP contribution is -2.09. The molecule has 0 aliphatic heterocycles. The zero-order valence-corrected chi connectivity index (χ0v) is 10.3. The third-order valence-corrected chi connectivity index (χ3v) is 3.58. The normalized spacial score (nSPS) is 13.1. The van der Waals surface area contributed by atoms with Crippen molar-refractivity contribution in [1.29, 1.82) is 0 Å². The molecule has 1 rings (SSSR count).